The summed E-state index contributed by atoms with van der Waals surface area (Å²) in [7, 11) is 0. The fraction of sp³-hybridized carbons (Fsp3) is 0.611. The summed E-state index contributed by atoms with van der Waals surface area (Å²) in [5.74, 6) is -0.278. The number of halogens is 3. The van der Waals surface area contributed by atoms with Crippen molar-refractivity contribution in [2.45, 2.75) is 18.3 Å². The molecule has 1 aromatic carbocycles. The first kappa shape index (κ1) is 20.1. The molecule has 1 N–H and O–H groups in total. The van der Waals surface area contributed by atoms with Crippen molar-refractivity contribution < 1.29 is 32.2 Å². The second-order valence-electron chi connectivity index (χ2n) is 6.46. The highest BCUT2D eigenvalue weighted by atomic mass is 19.4. The van der Waals surface area contributed by atoms with Crippen LogP contribution in [-0.2, 0) is 25.2 Å². The zero-order valence-electron chi connectivity index (χ0n) is 14.8. The zero-order valence-corrected chi connectivity index (χ0v) is 14.8. The van der Waals surface area contributed by atoms with E-state index in [-0.39, 0.29) is 25.1 Å². The van der Waals surface area contributed by atoms with Crippen molar-refractivity contribution in [2.75, 3.05) is 52.7 Å². The van der Waals surface area contributed by atoms with E-state index in [2.05, 4.69) is 10.2 Å². The lowest BCUT2D eigenvalue weighted by Crippen LogP contribution is -2.47. The minimum Gasteiger partial charge on any atom is -0.379 e. The van der Waals surface area contributed by atoms with Crippen molar-refractivity contribution >= 4 is 5.91 Å². The number of carbonyl (C=O) groups excluding carboxylic acids is 1. The molecule has 2 aliphatic heterocycles. The number of rotatable bonds is 5. The SMILES string of the molecule is O=C(NCC(c1ccc(C(F)(F)F)cc1)N1CCOCC1)C1COCCO1. The van der Waals surface area contributed by atoms with Crippen molar-refractivity contribution in [3.63, 3.8) is 0 Å². The molecule has 150 valence electrons. The summed E-state index contributed by atoms with van der Waals surface area (Å²) in [5.41, 5.74) is 0.0229. The number of amides is 1. The van der Waals surface area contributed by atoms with Crippen molar-refractivity contribution in [2.24, 2.45) is 0 Å². The van der Waals surface area contributed by atoms with E-state index in [1.807, 2.05) is 0 Å². The highest BCUT2D eigenvalue weighted by Crippen LogP contribution is 2.31. The highest BCUT2D eigenvalue weighted by Gasteiger charge is 2.31. The Morgan fingerprint density at radius 2 is 1.81 bits per heavy atom. The van der Waals surface area contributed by atoms with Gasteiger partial charge in [-0.3, -0.25) is 9.69 Å². The average molecular weight is 388 g/mol. The third-order valence-corrected chi connectivity index (χ3v) is 4.69. The van der Waals surface area contributed by atoms with Gasteiger partial charge in [0.2, 0.25) is 0 Å². The Bertz CT molecular complexity index is 612. The number of alkyl halides is 3. The van der Waals surface area contributed by atoms with Crippen molar-refractivity contribution in [3.05, 3.63) is 35.4 Å². The van der Waals surface area contributed by atoms with Gasteiger partial charge in [0.25, 0.3) is 5.91 Å². The summed E-state index contributed by atoms with van der Waals surface area (Å²) < 4.78 is 54.4. The molecule has 1 aromatic rings. The van der Waals surface area contributed by atoms with Gasteiger partial charge in [-0.15, -0.1) is 0 Å². The van der Waals surface area contributed by atoms with Gasteiger partial charge in [-0.1, -0.05) is 12.1 Å². The van der Waals surface area contributed by atoms with E-state index in [0.29, 0.717) is 45.1 Å². The van der Waals surface area contributed by atoms with Crippen molar-refractivity contribution in [3.8, 4) is 0 Å². The van der Waals surface area contributed by atoms with Crippen LogP contribution in [0.4, 0.5) is 13.2 Å². The molecule has 0 aromatic heterocycles. The van der Waals surface area contributed by atoms with Crippen LogP contribution in [0.5, 0.6) is 0 Å². The van der Waals surface area contributed by atoms with Gasteiger partial charge in [0.05, 0.1) is 44.6 Å². The maximum absolute atomic E-state index is 12.8. The zero-order chi connectivity index (χ0) is 19.3. The summed E-state index contributed by atoms with van der Waals surface area (Å²) in [6.07, 6.45) is -5.03. The van der Waals surface area contributed by atoms with Crippen LogP contribution in [-0.4, -0.2) is 69.6 Å². The first-order valence-electron chi connectivity index (χ1n) is 8.91. The number of nitrogens with one attached hydrogen (secondary N) is 1. The van der Waals surface area contributed by atoms with Crippen molar-refractivity contribution in [1.29, 1.82) is 0 Å². The molecule has 27 heavy (non-hydrogen) atoms. The van der Waals surface area contributed by atoms with E-state index in [0.717, 1.165) is 12.1 Å². The molecule has 1 amide bonds. The molecule has 2 atom stereocenters. The Morgan fingerprint density at radius 1 is 1.11 bits per heavy atom. The molecule has 0 saturated carbocycles. The minimum absolute atomic E-state index is 0.203. The number of nitrogens with zero attached hydrogens (tertiary/aromatic N) is 1. The van der Waals surface area contributed by atoms with Gasteiger partial charge in [0.15, 0.2) is 6.10 Å². The molecule has 2 aliphatic rings. The first-order valence-corrected chi connectivity index (χ1v) is 8.91. The second kappa shape index (κ2) is 9.01. The standard InChI is InChI=1S/C18H23F3N2O4/c19-18(20,21)14-3-1-13(2-4-14)15(23-5-7-25-8-6-23)11-22-17(24)16-12-26-9-10-27-16/h1-4,15-16H,5-12H2,(H,22,24). The number of morpholine rings is 1. The predicted molar refractivity (Wildman–Crippen MR) is 90.1 cm³/mol. The normalized spacial score (nSPS) is 23.0. The van der Waals surface area contributed by atoms with E-state index >= 15 is 0 Å². The van der Waals surface area contributed by atoms with Crippen LogP contribution in [0.1, 0.15) is 17.2 Å². The summed E-state index contributed by atoms with van der Waals surface area (Å²) in [6.45, 7) is 3.68. The molecule has 0 aliphatic carbocycles. The Morgan fingerprint density at radius 3 is 2.41 bits per heavy atom. The third-order valence-electron chi connectivity index (χ3n) is 4.69. The Kier molecular flexibility index (Phi) is 6.69. The summed E-state index contributed by atoms with van der Waals surface area (Å²) in [4.78, 5) is 14.4. The van der Waals surface area contributed by atoms with Gasteiger partial charge in [0, 0.05) is 19.6 Å². The average Bonchev–Trinajstić information content (AvgIpc) is 2.69. The van der Waals surface area contributed by atoms with Crippen LogP contribution in [0.25, 0.3) is 0 Å². The smallest absolute Gasteiger partial charge is 0.379 e. The fourth-order valence-corrected chi connectivity index (χ4v) is 3.19. The molecule has 2 fully saturated rings. The molecule has 2 unspecified atom stereocenters. The second-order valence-corrected chi connectivity index (χ2v) is 6.46. The van der Waals surface area contributed by atoms with Gasteiger partial charge >= 0.3 is 6.18 Å². The van der Waals surface area contributed by atoms with Crippen LogP contribution in [0.2, 0.25) is 0 Å². The molecule has 0 spiro atoms. The molecular weight excluding hydrogens is 365 g/mol. The molecule has 2 heterocycles. The Hall–Kier alpha value is -1.68. The number of benzene rings is 1. The van der Waals surface area contributed by atoms with Crippen molar-refractivity contribution in [1.82, 2.24) is 10.2 Å². The van der Waals surface area contributed by atoms with E-state index in [9.17, 15) is 18.0 Å². The highest BCUT2D eigenvalue weighted by molar-refractivity contribution is 5.81. The number of hydrogen-bond acceptors (Lipinski definition) is 5. The Labute approximate surface area is 155 Å². The molecular formula is C18H23F3N2O4. The van der Waals surface area contributed by atoms with E-state index < -0.39 is 17.8 Å². The van der Waals surface area contributed by atoms with Gasteiger partial charge in [0.1, 0.15) is 0 Å². The lowest BCUT2D eigenvalue weighted by molar-refractivity contribution is -0.147. The molecule has 2 saturated heterocycles. The summed E-state index contributed by atoms with van der Waals surface area (Å²) in [5, 5.41) is 2.84. The van der Waals surface area contributed by atoms with Crippen LogP contribution in [0, 0.1) is 0 Å². The molecule has 0 radical (unpaired) electrons. The van der Waals surface area contributed by atoms with Crippen LogP contribution < -0.4 is 5.32 Å². The van der Waals surface area contributed by atoms with Gasteiger partial charge in [-0.2, -0.15) is 13.2 Å². The summed E-state index contributed by atoms with van der Waals surface area (Å²) >= 11 is 0. The van der Waals surface area contributed by atoms with Crippen LogP contribution in [0.3, 0.4) is 0 Å². The topological polar surface area (TPSA) is 60.0 Å². The first-order chi connectivity index (χ1) is 12.9. The van der Waals surface area contributed by atoms with Gasteiger partial charge in [-0.25, -0.2) is 0 Å². The lowest BCUT2D eigenvalue weighted by atomic mass is 10.0. The Balaban J connectivity index is 1.69. The van der Waals surface area contributed by atoms with Crippen LogP contribution >= 0.6 is 0 Å². The minimum atomic E-state index is -4.38. The number of ether oxygens (including phenoxy) is 3. The van der Waals surface area contributed by atoms with Gasteiger partial charge in [-0.05, 0) is 17.7 Å². The van der Waals surface area contributed by atoms with E-state index in [1.54, 1.807) is 0 Å². The molecule has 6 nitrogen and oxygen atoms in total. The van der Waals surface area contributed by atoms with E-state index in [1.165, 1.54) is 12.1 Å². The monoisotopic (exact) mass is 388 g/mol. The fourth-order valence-electron chi connectivity index (χ4n) is 3.19. The predicted octanol–water partition coefficient (Wildman–Crippen LogP) is 1.61. The molecule has 3 rings (SSSR count). The third kappa shape index (κ3) is 5.41. The number of hydrogen-bond donors (Lipinski definition) is 1. The van der Waals surface area contributed by atoms with Crippen LogP contribution in [0.15, 0.2) is 24.3 Å². The largest absolute Gasteiger partial charge is 0.416 e. The number of carbonyl (C=O) groups is 1. The quantitative estimate of drug-likeness (QED) is 0.831. The lowest BCUT2D eigenvalue weighted by Gasteiger charge is -2.35. The molecule has 0 bridgehead atoms. The molecule has 9 heteroatoms. The van der Waals surface area contributed by atoms with Gasteiger partial charge < -0.3 is 19.5 Å². The van der Waals surface area contributed by atoms with E-state index in [4.69, 9.17) is 14.2 Å². The maximum Gasteiger partial charge on any atom is 0.416 e. The summed E-state index contributed by atoms with van der Waals surface area (Å²) in [6, 6.07) is 4.83. The maximum atomic E-state index is 12.8.